The molecule has 2 fully saturated rings. The van der Waals surface area contributed by atoms with Crippen LogP contribution in [0.15, 0.2) is 53.8 Å². The van der Waals surface area contributed by atoms with Crippen molar-refractivity contribution in [3.8, 4) is 5.75 Å². The number of benzene rings is 1. The van der Waals surface area contributed by atoms with E-state index in [4.69, 9.17) is 16.3 Å². The molecule has 182 valence electrons. The zero-order valence-corrected chi connectivity index (χ0v) is 19.9. The number of fused-ring (bicyclic) bond motifs is 2. The standard InChI is InChI=1S/C25H24ClF2N5O2/c1-31-7-5-18-20(3-2-19(26)22(18)23(31)34)35-17-11-24(12-17)13-32(14-24)9-6-25(27,28)16-4-8-33-15-29-30-21(33)10-16/h2-5,7-8,10,15,17H,6,9,11-14H2,1H3. The largest absolute Gasteiger partial charge is 0.490 e. The lowest BCUT2D eigenvalue weighted by Crippen LogP contribution is -2.64. The molecule has 10 heteroatoms. The average molecular weight is 500 g/mol. The van der Waals surface area contributed by atoms with E-state index in [1.54, 1.807) is 36.0 Å². The summed E-state index contributed by atoms with van der Waals surface area (Å²) >= 11 is 6.27. The van der Waals surface area contributed by atoms with Crippen LogP contribution in [0.1, 0.15) is 24.8 Å². The summed E-state index contributed by atoms with van der Waals surface area (Å²) in [5, 5.41) is 9.17. The zero-order chi connectivity index (χ0) is 24.4. The van der Waals surface area contributed by atoms with Gasteiger partial charge in [-0.25, -0.2) is 8.78 Å². The van der Waals surface area contributed by atoms with Crippen molar-refractivity contribution in [2.45, 2.75) is 31.3 Å². The molecule has 1 aromatic carbocycles. The highest BCUT2D eigenvalue weighted by atomic mass is 35.5. The van der Waals surface area contributed by atoms with Crippen LogP contribution in [0.5, 0.6) is 5.75 Å². The molecule has 4 heterocycles. The van der Waals surface area contributed by atoms with Gasteiger partial charge in [0.15, 0.2) is 5.65 Å². The maximum Gasteiger partial charge on any atom is 0.274 e. The van der Waals surface area contributed by atoms with Gasteiger partial charge in [0.2, 0.25) is 0 Å². The van der Waals surface area contributed by atoms with E-state index in [0.29, 0.717) is 33.7 Å². The van der Waals surface area contributed by atoms with Crippen molar-refractivity contribution in [2.75, 3.05) is 19.6 Å². The van der Waals surface area contributed by atoms with Crippen molar-refractivity contribution < 1.29 is 13.5 Å². The summed E-state index contributed by atoms with van der Waals surface area (Å²) in [7, 11) is 1.69. The summed E-state index contributed by atoms with van der Waals surface area (Å²) in [5.41, 5.74) is 0.365. The highest BCUT2D eigenvalue weighted by Gasteiger charge is 2.53. The van der Waals surface area contributed by atoms with Gasteiger partial charge in [-0.15, -0.1) is 10.2 Å². The van der Waals surface area contributed by atoms with Gasteiger partial charge in [-0.2, -0.15) is 0 Å². The monoisotopic (exact) mass is 499 g/mol. The second-order valence-electron chi connectivity index (χ2n) is 9.89. The van der Waals surface area contributed by atoms with E-state index in [2.05, 4.69) is 15.1 Å². The highest BCUT2D eigenvalue weighted by Crippen LogP contribution is 2.50. The van der Waals surface area contributed by atoms with E-state index in [0.717, 1.165) is 25.9 Å². The topological polar surface area (TPSA) is 64.7 Å². The fraction of sp³-hybridized carbons (Fsp3) is 0.400. The minimum absolute atomic E-state index is 0.0321. The lowest BCUT2D eigenvalue weighted by molar-refractivity contribution is -0.127. The van der Waals surface area contributed by atoms with Crippen molar-refractivity contribution in [1.82, 2.24) is 24.1 Å². The van der Waals surface area contributed by atoms with Gasteiger partial charge in [0.1, 0.15) is 12.1 Å². The normalized spacial score (nSPS) is 18.2. The highest BCUT2D eigenvalue weighted by molar-refractivity contribution is 6.35. The number of ether oxygens (including phenoxy) is 1. The molecule has 0 atom stereocenters. The molecule has 1 aliphatic carbocycles. The van der Waals surface area contributed by atoms with Gasteiger partial charge >= 0.3 is 0 Å². The van der Waals surface area contributed by atoms with Gasteiger partial charge in [0.25, 0.3) is 11.5 Å². The Hall–Kier alpha value is -3.04. The number of pyridine rings is 2. The summed E-state index contributed by atoms with van der Waals surface area (Å²) in [4.78, 5) is 14.6. The lowest BCUT2D eigenvalue weighted by atomic mass is 9.61. The number of alkyl halides is 2. The van der Waals surface area contributed by atoms with Gasteiger partial charge in [0.05, 0.1) is 16.5 Å². The summed E-state index contributed by atoms with van der Waals surface area (Å²) in [6.07, 6.45) is 6.31. The third-order valence-electron chi connectivity index (χ3n) is 7.35. The molecule has 1 aliphatic heterocycles. The predicted octanol–water partition coefficient (Wildman–Crippen LogP) is 4.26. The number of nitrogens with zero attached hydrogens (tertiary/aromatic N) is 5. The molecule has 4 aromatic rings. The van der Waals surface area contributed by atoms with E-state index < -0.39 is 5.92 Å². The lowest BCUT2D eigenvalue weighted by Gasteiger charge is -2.58. The Bertz CT molecular complexity index is 1490. The van der Waals surface area contributed by atoms with E-state index in [-0.39, 0.29) is 29.1 Å². The molecule has 3 aromatic heterocycles. The minimum atomic E-state index is -2.92. The van der Waals surface area contributed by atoms with Crippen LogP contribution in [-0.4, -0.2) is 49.8 Å². The maximum absolute atomic E-state index is 14.8. The molecule has 35 heavy (non-hydrogen) atoms. The van der Waals surface area contributed by atoms with Gasteiger partial charge in [-0.1, -0.05) is 11.6 Å². The van der Waals surface area contributed by atoms with Crippen LogP contribution in [0.4, 0.5) is 8.78 Å². The SMILES string of the molecule is Cn1ccc2c(OC3CC4(C3)CN(CCC(F)(F)c3ccn5cnnc5c3)C4)ccc(Cl)c2c1=O. The van der Waals surface area contributed by atoms with Gasteiger partial charge in [-0.05, 0) is 43.2 Å². The van der Waals surface area contributed by atoms with Crippen LogP contribution in [0, 0.1) is 5.41 Å². The first-order valence-corrected chi connectivity index (χ1v) is 12.0. The van der Waals surface area contributed by atoms with Gasteiger partial charge in [0, 0.05) is 61.9 Å². The third-order valence-corrected chi connectivity index (χ3v) is 7.67. The third kappa shape index (κ3) is 3.87. The molecular formula is C25H24ClF2N5O2. The fourth-order valence-electron chi connectivity index (χ4n) is 5.47. The predicted molar refractivity (Wildman–Crippen MR) is 128 cm³/mol. The van der Waals surface area contributed by atoms with Crippen molar-refractivity contribution >= 4 is 28.0 Å². The molecule has 7 nitrogen and oxygen atoms in total. The van der Waals surface area contributed by atoms with Crippen LogP contribution in [0.3, 0.4) is 0 Å². The minimum Gasteiger partial charge on any atom is -0.490 e. The van der Waals surface area contributed by atoms with Crippen molar-refractivity contribution in [2.24, 2.45) is 12.5 Å². The second-order valence-corrected chi connectivity index (χ2v) is 10.3. The van der Waals surface area contributed by atoms with Crippen LogP contribution < -0.4 is 10.3 Å². The Morgan fingerprint density at radius 1 is 1.20 bits per heavy atom. The van der Waals surface area contributed by atoms with E-state index in [1.807, 2.05) is 6.07 Å². The van der Waals surface area contributed by atoms with E-state index in [9.17, 15) is 13.6 Å². The molecule has 1 saturated carbocycles. The number of hydrogen-bond acceptors (Lipinski definition) is 5. The van der Waals surface area contributed by atoms with Crippen molar-refractivity contribution in [3.05, 3.63) is 70.0 Å². The molecule has 6 rings (SSSR count). The van der Waals surface area contributed by atoms with E-state index in [1.165, 1.54) is 23.0 Å². The molecule has 0 unspecified atom stereocenters. The molecular weight excluding hydrogens is 476 g/mol. The number of rotatable bonds is 6. The first-order chi connectivity index (χ1) is 16.7. The van der Waals surface area contributed by atoms with Crippen molar-refractivity contribution in [1.29, 1.82) is 0 Å². The number of aromatic nitrogens is 4. The maximum atomic E-state index is 14.8. The smallest absolute Gasteiger partial charge is 0.274 e. The van der Waals surface area contributed by atoms with Gasteiger partial charge < -0.3 is 14.2 Å². The molecule has 2 aliphatic rings. The fourth-order valence-corrected chi connectivity index (χ4v) is 5.71. The van der Waals surface area contributed by atoms with Crippen LogP contribution in [0.25, 0.3) is 16.4 Å². The number of aryl methyl sites for hydroxylation is 1. The van der Waals surface area contributed by atoms with Crippen molar-refractivity contribution in [3.63, 3.8) is 0 Å². The number of hydrogen-bond donors (Lipinski definition) is 0. The Balaban J connectivity index is 1.04. The van der Waals surface area contributed by atoms with Crippen LogP contribution in [-0.2, 0) is 13.0 Å². The van der Waals surface area contributed by atoms with E-state index >= 15 is 0 Å². The quantitative estimate of drug-likeness (QED) is 0.396. The first kappa shape index (κ1) is 22.4. The molecule has 0 bridgehead atoms. The Morgan fingerprint density at radius 2 is 2.00 bits per heavy atom. The molecule has 0 amide bonds. The zero-order valence-electron chi connectivity index (χ0n) is 19.1. The van der Waals surface area contributed by atoms with Crippen LogP contribution in [0.2, 0.25) is 5.02 Å². The second kappa shape index (κ2) is 7.99. The van der Waals surface area contributed by atoms with Crippen LogP contribution >= 0.6 is 11.6 Å². The summed E-state index contributed by atoms with van der Waals surface area (Å²) in [6.45, 7) is 1.94. The summed E-state index contributed by atoms with van der Waals surface area (Å²) < 4.78 is 38.9. The number of likely N-dealkylation sites (tertiary alicyclic amines) is 1. The Labute approximate surface area is 204 Å². The first-order valence-electron chi connectivity index (χ1n) is 11.6. The summed E-state index contributed by atoms with van der Waals surface area (Å²) in [5.74, 6) is -2.27. The number of halogens is 3. The molecule has 0 radical (unpaired) electrons. The molecule has 1 saturated heterocycles. The Kier molecular flexibility index (Phi) is 5.12. The molecule has 1 spiro atoms. The Morgan fingerprint density at radius 3 is 2.80 bits per heavy atom. The molecule has 0 N–H and O–H groups in total. The average Bonchev–Trinajstić information content (AvgIpc) is 3.25. The summed E-state index contributed by atoms with van der Waals surface area (Å²) in [6, 6.07) is 8.17. The van der Waals surface area contributed by atoms with Gasteiger partial charge in [-0.3, -0.25) is 9.20 Å².